The second-order valence-electron chi connectivity index (χ2n) is 11.3. The fourth-order valence-electron chi connectivity index (χ4n) is 8.59. The minimum absolute atomic E-state index is 0.0433. The monoisotopic (exact) mass is 386 g/mol. The van der Waals surface area contributed by atoms with E-state index in [0.717, 1.165) is 31.3 Å². The molecule has 4 bridgehead atoms. The van der Waals surface area contributed by atoms with E-state index in [4.69, 9.17) is 14.2 Å². The van der Waals surface area contributed by atoms with Crippen LogP contribution in [0.5, 0.6) is 0 Å². The first-order valence-electron chi connectivity index (χ1n) is 10.8. The maximum absolute atomic E-state index is 13.7. The maximum atomic E-state index is 13.7. The number of hydrogen-bond donors (Lipinski definition) is 0. The normalized spacial score (nSPS) is 55.1. The molecule has 0 N–H and O–H groups in total. The molecule has 4 aliphatic carbocycles. The SMILES string of the molecule is C=C1C(=O)[C@]23C[C@H]1CC[C@H]2[C@@]12COC4(OC(C)(C)O[C@H]43)[C@@H]1C(C)(C)CCC2=O. The molecule has 2 aliphatic heterocycles. The van der Waals surface area contributed by atoms with Gasteiger partial charge in [0.15, 0.2) is 11.6 Å². The predicted octanol–water partition coefficient (Wildman–Crippen LogP) is 3.41. The Bertz CT molecular complexity index is 842. The summed E-state index contributed by atoms with van der Waals surface area (Å²) in [5, 5.41) is 0. The number of ether oxygens (including phenoxy) is 3. The summed E-state index contributed by atoms with van der Waals surface area (Å²) >= 11 is 0. The molecule has 6 rings (SSSR count). The van der Waals surface area contributed by atoms with Crippen molar-refractivity contribution < 1.29 is 23.8 Å². The molecule has 7 atom stereocenters. The highest BCUT2D eigenvalue weighted by Gasteiger charge is 2.87. The summed E-state index contributed by atoms with van der Waals surface area (Å²) in [5.74, 6) is -1.43. The number of allylic oxidation sites excluding steroid dienone is 1. The van der Waals surface area contributed by atoms with Gasteiger partial charge in [0.25, 0.3) is 0 Å². The first-order chi connectivity index (χ1) is 13.0. The molecule has 0 radical (unpaired) electrons. The van der Waals surface area contributed by atoms with Crippen molar-refractivity contribution in [2.45, 2.75) is 77.5 Å². The van der Waals surface area contributed by atoms with E-state index in [-0.39, 0.29) is 34.7 Å². The predicted molar refractivity (Wildman–Crippen MR) is 100 cm³/mol. The zero-order valence-electron chi connectivity index (χ0n) is 17.3. The lowest BCUT2D eigenvalue weighted by atomic mass is 9.39. The Hall–Kier alpha value is -1.04. The minimum atomic E-state index is -1.03. The van der Waals surface area contributed by atoms with Crippen molar-refractivity contribution in [2.75, 3.05) is 6.61 Å². The van der Waals surface area contributed by atoms with Gasteiger partial charge in [-0.3, -0.25) is 9.59 Å². The zero-order chi connectivity index (χ0) is 19.9. The molecule has 2 saturated heterocycles. The highest BCUT2D eigenvalue weighted by atomic mass is 16.8. The van der Waals surface area contributed by atoms with Crippen molar-refractivity contribution >= 4 is 11.6 Å². The number of ketones is 2. The zero-order valence-corrected chi connectivity index (χ0v) is 17.3. The van der Waals surface area contributed by atoms with Gasteiger partial charge in [-0.2, -0.15) is 0 Å². The average molecular weight is 386 g/mol. The lowest BCUT2D eigenvalue weighted by Crippen LogP contribution is -2.72. The molecule has 5 heteroatoms. The van der Waals surface area contributed by atoms with Crippen LogP contribution in [0.3, 0.4) is 0 Å². The van der Waals surface area contributed by atoms with E-state index in [0.29, 0.717) is 13.0 Å². The lowest BCUT2D eigenvalue weighted by Gasteiger charge is -2.63. The second-order valence-corrected chi connectivity index (χ2v) is 11.3. The summed E-state index contributed by atoms with van der Waals surface area (Å²) in [5.41, 5.74) is -0.775. The van der Waals surface area contributed by atoms with Crippen LogP contribution in [-0.4, -0.2) is 35.9 Å². The topological polar surface area (TPSA) is 61.8 Å². The summed E-state index contributed by atoms with van der Waals surface area (Å²) in [6.45, 7) is 12.8. The molecule has 0 aromatic rings. The first-order valence-corrected chi connectivity index (χ1v) is 10.8. The smallest absolute Gasteiger partial charge is 0.203 e. The fraction of sp³-hybridized carbons (Fsp3) is 0.826. The van der Waals surface area contributed by atoms with Crippen molar-refractivity contribution in [1.29, 1.82) is 0 Å². The summed E-state index contributed by atoms with van der Waals surface area (Å²) in [6.07, 6.45) is 3.44. The van der Waals surface area contributed by atoms with E-state index in [9.17, 15) is 9.59 Å². The molecule has 4 saturated carbocycles. The minimum Gasteiger partial charge on any atom is -0.346 e. The van der Waals surface area contributed by atoms with Crippen molar-refractivity contribution in [2.24, 2.45) is 34.0 Å². The Balaban J connectivity index is 1.67. The number of rotatable bonds is 0. The summed E-state index contributed by atoms with van der Waals surface area (Å²) in [4.78, 5) is 27.4. The Kier molecular flexibility index (Phi) is 2.96. The van der Waals surface area contributed by atoms with Gasteiger partial charge in [-0.1, -0.05) is 20.4 Å². The van der Waals surface area contributed by atoms with E-state index in [1.165, 1.54) is 0 Å². The molecule has 5 nitrogen and oxygen atoms in total. The quantitative estimate of drug-likeness (QED) is 0.597. The molecular weight excluding hydrogens is 356 g/mol. The Morgan fingerprint density at radius 1 is 1.07 bits per heavy atom. The van der Waals surface area contributed by atoms with Crippen LogP contribution < -0.4 is 0 Å². The molecular formula is C23H30O5. The summed E-state index contributed by atoms with van der Waals surface area (Å²) < 4.78 is 19.7. The molecule has 0 aromatic heterocycles. The van der Waals surface area contributed by atoms with Crippen LogP contribution in [0.2, 0.25) is 0 Å². The molecule has 0 aromatic carbocycles. The van der Waals surface area contributed by atoms with Crippen molar-refractivity contribution in [3.63, 3.8) is 0 Å². The van der Waals surface area contributed by atoms with Gasteiger partial charge in [0.05, 0.1) is 17.4 Å². The van der Waals surface area contributed by atoms with Crippen molar-refractivity contribution in [1.82, 2.24) is 0 Å². The summed E-state index contributed by atoms with van der Waals surface area (Å²) in [7, 11) is 0. The van der Waals surface area contributed by atoms with E-state index < -0.39 is 28.5 Å². The Morgan fingerprint density at radius 2 is 1.82 bits per heavy atom. The third-order valence-corrected chi connectivity index (χ3v) is 9.23. The number of fused-ring (bicyclic) bond motifs is 1. The lowest BCUT2D eigenvalue weighted by molar-refractivity contribution is -0.288. The largest absolute Gasteiger partial charge is 0.346 e. The van der Waals surface area contributed by atoms with Gasteiger partial charge >= 0.3 is 0 Å². The molecule has 2 heterocycles. The van der Waals surface area contributed by atoms with Crippen molar-refractivity contribution in [3.05, 3.63) is 12.2 Å². The van der Waals surface area contributed by atoms with Gasteiger partial charge in [0.1, 0.15) is 11.9 Å². The third-order valence-electron chi connectivity index (χ3n) is 9.23. The van der Waals surface area contributed by atoms with E-state index in [1.54, 1.807) is 0 Å². The highest BCUT2D eigenvalue weighted by Crippen LogP contribution is 2.78. The summed E-state index contributed by atoms with van der Waals surface area (Å²) in [6, 6.07) is 0. The van der Waals surface area contributed by atoms with E-state index >= 15 is 0 Å². The first kappa shape index (κ1) is 17.8. The van der Waals surface area contributed by atoms with Gasteiger partial charge in [0, 0.05) is 12.3 Å². The van der Waals surface area contributed by atoms with Crippen LogP contribution in [0.15, 0.2) is 12.2 Å². The number of carbonyl (C=O) groups is 2. The molecule has 152 valence electrons. The van der Waals surface area contributed by atoms with Gasteiger partial charge < -0.3 is 14.2 Å². The molecule has 28 heavy (non-hydrogen) atoms. The van der Waals surface area contributed by atoms with Crippen LogP contribution in [0, 0.1) is 34.0 Å². The molecule has 0 amide bonds. The van der Waals surface area contributed by atoms with Crippen LogP contribution >= 0.6 is 0 Å². The number of carbonyl (C=O) groups excluding carboxylic acids is 2. The van der Waals surface area contributed by atoms with E-state index in [2.05, 4.69) is 20.4 Å². The molecule has 6 aliphatic rings. The number of hydrogen-bond acceptors (Lipinski definition) is 5. The Morgan fingerprint density at radius 3 is 2.57 bits per heavy atom. The third kappa shape index (κ3) is 1.59. The fourth-order valence-corrected chi connectivity index (χ4v) is 8.59. The van der Waals surface area contributed by atoms with Crippen molar-refractivity contribution in [3.8, 4) is 0 Å². The highest BCUT2D eigenvalue weighted by molar-refractivity contribution is 6.05. The second kappa shape index (κ2) is 4.65. The van der Waals surface area contributed by atoms with Crippen LogP contribution in [-0.2, 0) is 23.8 Å². The standard InChI is InChI=1S/C23H30O5/c1-12-13-6-7-14-21(10-13,16(12)25)18-23(28-20(4,5)27-18)17-19(2,3)9-8-15(24)22(14,17)11-26-23/h13-14,17-18H,1,6-11H2,2-5H3/t13-,14-,17-,18+,21+,22-,23?/m1/s1. The molecule has 6 fully saturated rings. The van der Waals surface area contributed by atoms with Crippen LogP contribution in [0.4, 0.5) is 0 Å². The van der Waals surface area contributed by atoms with Gasteiger partial charge in [-0.15, -0.1) is 0 Å². The molecule has 1 unspecified atom stereocenters. The maximum Gasteiger partial charge on any atom is 0.203 e. The van der Waals surface area contributed by atoms with Crippen LogP contribution in [0.1, 0.15) is 59.8 Å². The van der Waals surface area contributed by atoms with Crippen LogP contribution in [0.25, 0.3) is 0 Å². The van der Waals surface area contributed by atoms with Gasteiger partial charge in [-0.25, -0.2) is 0 Å². The molecule has 2 spiro atoms. The van der Waals surface area contributed by atoms with E-state index in [1.807, 2.05) is 13.8 Å². The average Bonchev–Trinajstić information content (AvgIpc) is 3.16. The number of Topliss-reactive ketones (excluding diaryl/α,β-unsaturated/α-hetero) is 2. The Labute approximate surface area is 166 Å². The van der Waals surface area contributed by atoms with Gasteiger partial charge in [0.2, 0.25) is 5.79 Å². The van der Waals surface area contributed by atoms with Gasteiger partial charge in [-0.05, 0) is 62.4 Å².